The Labute approximate surface area is 173 Å². The fourth-order valence-corrected chi connectivity index (χ4v) is 6.12. The van der Waals surface area contributed by atoms with Crippen molar-refractivity contribution in [3.8, 4) is 0 Å². The lowest BCUT2D eigenvalue weighted by Crippen LogP contribution is -2.38. The van der Waals surface area contributed by atoms with Crippen LogP contribution in [0.15, 0.2) is 47.5 Å². The summed E-state index contributed by atoms with van der Waals surface area (Å²) in [6, 6.07) is 12.2. The number of amides is 1. The maximum atomic E-state index is 12.8. The molecule has 6 nitrogen and oxygen atoms in total. The third-order valence-corrected chi connectivity index (χ3v) is 8.11. The monoisotopic (exact) mass is 415 g/mol. The Hall–Kier alpha value is -2.12. The van der Waals surface area contributed by atoms with Gasteiger partial charge in [-0.3, -0.25) is 4.79 Å². The molecular formula is C22H29N3O3S. The van der Waals surface area contributed by atoms with Crippen LogP contribution in [-0.4, -0.2) is 42.3 Å². The average molecular weight is 416 g/mol. The molecule has 1 saturated heterocycles. The van der Waals surface area contributed by atoms with Crippen LogP contribution in [0.2, 0.25) is 0 Å². The van der Waals surface area contributed by atoms with Gasteiger partial charge in [-0.1, -0.05) is 30.3 Å². The number of nitrogens with zero attached hydrogens (tertiary/aromatic N) is 2. The van der Waals surface area contributed by atoms with Gasteiger partial charge in [0, 0.05) is 32.4 Å². The lowest BCUT2D eigenvalue weighted by atomic mass is 9.82. The maximum absolute atomic E-state index is 12.8. The van der Waals surface area contributed by atoms with Gasteiger partial charge in [0.1, 0.15) is 10.6 Å². The van der Waals surface area contributed by atoms with E-state index in [-0.39, 0.29) is 16.8 Å². The smallest absolute Gasteiger partial charge is 0.268 e. The third-order valence-electron chi connectivity index (χ3n) is 6.25. The molecule has 29 heavy (non-hydrogen) atoms. The van der Waals surface area contributed by atoms with E-state index in [1.165, 1.54) is 15.9 Å². The molecule has 2 heterocycles. The van der Waals surface area contributed by atoms with E-state index >= 15 is 0 Å². The van der Waals surface area contributed by atoms with Crippen LogP contribution in [0.5, 0.6) is 0 Å². The van der Waals surface area contributed by atoms with Crippen LogP contribution in [0.1, 0.15) is 60.5 Å². The lowest BCUT2D eigenvalue weighted by molar-refractivity contribution is 0.0917. The normalized spacial score (nSPS) is 23.2. The van der Waals surface area contributed by atoms with E-state index in [9.17, 15) is 13.2 Å². The SMILES string of the molecule is Cn1cc(S(=O)(=O)N2CCCC2)cc1C(=O)NC1CCC(c2ccccc2)CC1. The molecule has 2 fully saturated rings. The highest BCUT2D eigenvalue weighted by molar-refractivity contribution is 7.89. The van der Waals surface area contributed by atoms with E-state index in [2.05, 4.69) is 29.6 Å². The predicted octanol–water partition coefficient (Wildman–Crippen LogP) is 3.27. The topological polar surface area (TPSA) is 71.4 Å². The van der Waals surface area contributed by atoms with Crippen LogP contribution in [0.4, 0.5) is 0 Å². The first-order valence-electron chi connectivity index (χ1n) is 10.5. The Morgan fingerprint density at radius 2 is 1.69 bits per heavy atom. The second kappa shape index (κ2) is 8.32. The van der Waals surface area contributed by atoms with Crippen molar-refractivity contribution in [2.45, 2.75) is 55.4 Å². The van der Waals surface area contributed by atoms with E-state index < -0.39 is 10.0 Å². The van der Waals surface area contributed by atoms with Crippen LogP contribution >= 0.6 is 0 Å². The molecule has 4 rings (SSSR count). The van der Waals surface area contributed by atoms with E-state index in [1.54, 1.807) is 17.8 Å². The van der Waals surface area contributed by atoms with Crippen molar-refractivity contribution in [1.82, 2.24) is 14.2 Å². The Kier molecular flexibility index (Phi) is 5.79. The molecule has 156 valence electrons. The van der Waals surface area contributed by atoms with Crippen molar-refractivity contribution in [1.29, 1.82) is 0 Å². The van der Waals surface area contributed by atoms with Gasteiger partial charge in [-0.05, 0) is 56.1 Å². The van der Waals surface area contributed by atoms with Crippen LogP contribution in [-0.2, 0) is 17.1 Å². The number of rotatable bonds is 5. The van der Waals surface area contributed by atoms with Gasteiger partial charge in [-0.2, -0.15) is 4.31 Å². The Balaban J connectivity index is 1.39. The van der Waals surface area contributed by atoms with Gasteiger partial charge in [0.05, 0.1) is 0 Å². The van der Waals surface area contributed by atoms with Crippen molar-refractivity contribution in [2.75, 3.05) is 13.1 Å². The summed E-state index contributed by atoms with van der Waals surface area (Å²) in [4.78, 5) is 13.0. The largest absolute Gasteiger partial charge is 0.348 e. The van der Waals surface area contributed by atoms with Gasteiger partial charge in [-0.25, -0.2) is 8.42 Å². The number of benzene rings is 1. The third kappa shape index (κ3) is 4.26. The highest BCUT2D eigenvalue weighted by atomic mass is 32.2. The van der Waals surface area contributed by atoms with Crippen LogP contribution < -0.4 is 5.32 Å². The summed E-state index contributed by atoms with van der Waals surface area (Å²) in [6.07, 6.45) is 7.32. The summed E-state index contributed by atoms with van der Waals surface area (Å²) in [5, 5.41) is 3.11. The fourth-order valence-electron chi connectivity index (χ4n) is 4.53. The fraction of sp³-hybridized carbons (Fsp3) is 0.500. The zero-order valence-corrected chi connectivity index (χ0v) is 17.7. The molecule has 0 atom stereocenters. The minimum Gasteiger partial charge on any atom is -0.348 e. The molecule has 1 amide bonds. The second-order valence-electron chi connectivity index (χ2n) is 8.22. The Morgan fingerprint density at radius 3 is 2.34 bits per heavy atom. The van der Waals surface area contributed by atoms with Gasteiger partial charge in [0.15, 0.2) is 0 Å². The molecule has 0 unspecified atom stereocenters. The zero-order chi connectivity index (χ0) is 20.4. The average Bonchev–Trinajstić information content (AvgIpc) is 3.40. The Bertz CT molecular complexity index is 954. The van der Waals surface area contributed by atoms with Gasteiger partial charge in [0.25, 0.3) is 5.91 Å². The van der Waals surface area contributed by atoms with Crippen molar-refractivity contribution in [3.05, 3.63) is 53.9 Å². The number of aromatic nitrogens is 1. The summed E-state index contributed by atoms with van der Waals surface area (Å²) in [5.41, 5.74) is 1.77. The van der Waals surface area contributed by atoms with Crippen LogP contribution in [0, 0.1) is 0 Å². The number of sulfonamides is 1. The lowest BCUT2D eigenvalue weighted by Gasteiger charge is -2.29. The molecule has 0 bridgehead atoms. The number of carbonyl (C=O) groups is 1. The molecule has 2 aromatic rings. The molecular weight excluding hydrogens is 386 g/mol. The highest BCUT2D eigenvalue weighted by Crippen LogP contribution is 2.33. The molecule has 1 aliphatic carbocycles. The molecule has 2 aliphatic rings. The van der Waals surface area contributed by atoms with E-state index in [0.29, 0.717) is 24.7 Å². The van der Waals surface area contributed by atoms with Gasteiger partial charge >= 0.3 is 0 Å². The first kappa shape index (κ1) is 20.2. The van der Waals surface area contributed by atoms with E-state index in [1.807, 2.05) is 6.07 Å². The van der Waals surface area contributed by atoms with Crippen molar-refractivity contribution >= 4 is 15.9 Å². The van der Waals surface area contributed by atoms with Gasteiger partial charge in [-0.15, -0.1) is 0 Å². The number of hydrogen-bond donors (Lipinski definition) is 1. The molecule has 1 aromatic heterocycles. The van der Waals surface area contributed by atoms with Crippen molar-refractivity contribution < 1.29 is 13.2 Å². The number of hydrogen-bond acceptors (Lipinski definition) is 3. The summed E-state index contributed by atoms with van der Waals surface area (Å²) in [5.74, 6) is 0.357. The molecule has 1 saturated carbocycles. The van der Waals surface area contributed by atoms with Crippen LogP contribution in [0.25, 0.3) is 0 Å². The van der Waals surface area contributed by atoms with Crippen molar-refractivity contribution in [2.24, 2.45) is 7.05 Å². The minimum atomic E-state index is -3.51. The first-order chi connectivity index (χ1) is 13.9. The number of nitrogens with one attached hydrogen (secondary N) is 1. The zero-order valence-electron chi connectivity index (χ0n) is 16.9. The number of aryl methyl sites for hydroxylation is 1. The van der Waals surface area contributed by atoms with Crippen LogP contribution in [0.3, 0.4) is 0 Å². The molecule has 0 radical (unpaired) electrons. The molecule has 1 aromatic carbocycles. The standard InChI is InChI=1S/C22H29N3O3S/c1-24-16-20(29(27,28)25-13-5-6-14-25)15-21(24)22(26)23-19-11-9-18(10-12-19)17-7-3-2-4-8-17/h2-4,7-8,15-16,18-19H,5-6,9-14H2,1H3,(H,23,26). The molecule has 7 heteroatoms. The maximum Gasteiger partial charge on any atom is 0.268 e. The second-order valence-corrected chi connectivity index (χ2v) is 10.2. The predicted molar refractivity (Wildman–Crippen MR) is 112 cm³/mol. The quantitative estimate of drug-likeness (QED) is 0.815. The molecule has 1 aliphatic heterocycles. The van der Waals surface area contributed by atoms with Crippen molar-refractivity contribution in [3.63, 3.8) is 0 Å². The summed E-state index contributed by atoms with van der Waals surface area (Å²) < 4.78 is 28.7. The Morgan fingerprint density at radius 1 is 1.03 bits per heavy atom. The molecule has 1 N–H and O–H groups in total. The van der Waals surface area contributed by atoms with Gasteiger partial charge in [0.2, 0.25) is 10.0 Å². The summed E-state index contributed by atoms with van der Waals surface area (Å²) in [6.45, 7) is 1.12. The highest BCUT2D eigenvalue weighted by Gasteiger charge is 2.30. The van der Waals surface area contributed by atoms with E-state index in [0.717, 1.165) is 38.5 Å². The first-order valence-corrected chi connectivity index (χ1v) is 11.9. The van der Waals surface area contributed by atoms with Gasteiger partial charge < -0.3 is 9.88 Å². The number of carbonyl (C=O) groups excluding carboxylic acids is 1. The van der Waals surface area contributed by atoms with E-state index in [4.69, 9.17) is 0 Å². The molecule has 0 spiro atoms. The minimum absolute atomic E-state index is 0.135. The summed E-state index contributed by atoms with van der Waals surface area (Å²) >= 11 is 0. The summed E-state index contributed by atoms with van der Waals surface area (Å²) in [7, 11) is -1.79.